The highest BCUT2D eigenvalue weighted by atomic mass is 32.1. The topological polar surface area (TPSA) is 59.4 Å². The summed E-state index contributed by atoms with van der Waals surface area (Å²) in [6.07, 6.45) is 0. The van der Waals surface area contributed by atoms with E-state index in [0.29, 0.717) is 17.0 Å². The van der Waals surface area contributed by atoms with Crippen LogP contribution in [0.3, 0.4) is 0 Å². The molecule has 0 unspecified atom stereocenters. The molecule has 0 aliphatic rings. The summed E-state index contributed by atoms with van der Waals surface area (Å²) in [6, 6.07) is 14.9. The SMILES string of the molecule is COc1c(C(=O)O)cccc1-c1csc(-c2ccccc2)n1. The second-order valence-electron chi connectivity index (χ2n) is 4.60. The van der Waals surface area contributed by atoms with E-state index in [9.17, 15) is 9.90 Å². The van der Waals surface area contributed by atoms with Gasteiger partial charge in [0.15, 0.2) is 0 Å². The Hall–Kier alpha value is -2.66. The Morgan fingerprint density at radius 1 is 1.14 bits per heavy atom. The number of carboxylic acid groups (broad SMARTS) is 1. The monoisotopic (exact) mass is 311 g/mol. The Balaban J connectivity index is 2.08. The minimum absolute atomic E-state index is 0.134. The number of thiazole rings is 1. The van der Waals surface area contributed by atoms with Crippen LogP contribution in [0.25, 0.3) is 21.8 Å². The molecule has 0 aliphatic heterocycles. The fourth-order valence-corrected chi connectivity index (χ4v) is 3.06. The van der Waals surface area contributed by atoms with Crippen molar-refractivity contribution in [3.63, 3.8) is 0 Å². The Kier molecular flexibility index (Phi) is 3.89. The summed E-state index contributed by atoms with van der Waals surface area (Å²) in [4.78, 5) is 15.9. The van der Waals surface area contributed by atoms with Gasteiger partial charge in [-0.05, 0) is 12.1 Å². The summed E-state index contributed by atoms with van der Waals surface area (Å²) in [5.74, 6) is -0.683. The molecule has 4 nitrogen and oxygen atoms in total. The van der Waals surface area contributed by atoms with Gasteiger partial charge in [-0.2, -0.15) is 0 Å². The number of ether oxygens (including phenoxy) is 1. The molecule has 1 aromatic heterocycles. The first-order chi connectivity index (χ1) is 10.7. The zero-order valence-electron chi connectivity index (χ0n) is 11.8. The number of aromatic carboxylic acids is 1. The van der Waals surface area contributed by atoms with Gasteiger partial charge in [-0.1, -0.05) is 36.4 Å². The summed E-state index contributed by atoms with van der Waals surface area (Å²) in [6.45, 7) is 0. The van der Waals surface area contributed by atoms with Gasteiger partial charge in [0.2, 0.25) is 0 Å². The van der Waals surface area contributed by atoms with Crippen LogP contribution in [0.5, 0.6) is 5.75 Å². The zero-order valence-corrected chi connectivity index (χ0v) is 12.6. The molecule has 110 valence electrons. The van der Waals surface area contributed by atoms with Crippen molar-refractivity contribution in [2.24, 2.45) is 0 Å². The fraction of sp³-hybridized carbons (Fsp3) is 0.0588. The summed E-state index contributed by atoms with van der Waals surface area (Å²) < 4.78 is 5.29. The molecule has 3 aromatic rings. The van der Waals surface area contributed by atoms with E-state index < -0.39 is 5.97 Å². The second kappa shape index (κ2) is 5.99. The van der Waals surface area contributed by atoms with Crippen molar-refractivity contribution < 1.29 is 14.6 Å². The lowest BCUT2D eigenvalue weighted by Gasteiger charge is -2.09. The van der Waals surface area contributed by atoms with Gasteiger partial charge in [-0.3, -0.25) is 0 Å². The predicted molar refractivity (Wildman–Crippen MR) is 86.5 cm³/mol. The normalized spacial score (nSPS) is 10.4. The van der Waals surface area contributed by atoms with Crippen LogP contribution in [0.1, 0.15) is 10.4 Å². The summed E-state index contributed by atoms with van der Waals surface area (Å²) in [5.41, 5.74) is 2.56. The second-order valence-corrected chi connectivity index (χ2v) is 5.45. The molecule has 2 aromatic carbocycles. The summed E-state index contributed by atoms with van der Waals surface area (Å²) in [5, 5.41) is 12.0. The van der Waals surface area contributed by atoms with E-state index in [1.54, 1.807) is 6.07 Å². The van der Waals surface area contributed by atoms with Crippen molar-refractivity contribution in [1.29, 1.82) is 0 Å². The molecular formula is C17H13NO3S. The third-order valence-corrected chi connectivity index (χ3v) is 4.14. The minimum atomic E-state index is -1.02. The molecule has 0 amide bonds. The van der Waals surface area contributed by atoms with Crippen LogP contribution in [0, 0.1) is 0 Å². The lowest BCUT2D eigenvalue weighted by molar-refractivity contribution is 0.0693. The van der Waals surface area contributed by atoms with Crippen LogP contribution in [0.4, 0.5) is 0 Å². The van der Waals surface area contributed by atoms with Crippen LogP contribution in [0.15, 0.2) is 53.9 Å². The molecular weight excluding hydrogens is 298 g/mol. The molecule has 0 aliphatic carbocycles. The molecule has 22 heavy (non-hydrogen) atoms. The molecule has 0 spiro atoms. The Labute approximate surface area is 131 Å². The Morgan fingerprint density at radius 3 is 2.59 bits per heavy atom. The number of carboxylic acids is 1. The van der Waals surface area contributed by atoms with E-state index in [4.69, 9.17) is 4.74 Å². The first kappa shape index (κ1) is 14.3. The van der Waals surface area contributed by atoms with Crippen molar-refractivity contribution in [3.05, 3.63) is 59.5 Å². The van der Waals surface area contributed by atoms with Gasteiger partial charge >= 0.3 is 5.97 Å². The maximum Gasteiger partial charge on any atom is 0.339 e. The molecule has 0 radical (unpaired) electrons. The van der Waals surface area contributed by atoms with Crippen LogP contribution in [0.2, 0.25) is 0 Å². The highest BCUT2D eigenvalue weighted by molar-refractivity contribution is 7.13. The molecule has 3 rings (SSSR count). The lowest BCUT2D eigenvalue weighted by atomic mass is 10.1. The van der Waals surface area contributed by atoms with Crippen molar-refractivity contribution in [2.75, 3.05) is 7.11 Å². The number of rotatable bonds is 4. The summed E-state index contributed by atoms with van der Waals surface area (Å²) in [7, 11) is 1.47. The van der Waals surface area contributed by atoms with Crippen LogP contribution in [-0.4, -0.2) is 23.2 Å². The lowest BCUT2D eigenvalue weighted by Crippen LogP contribution is -2.01. The Bertz CT molecular complexity index is 812. The zero-order chi connectivity index (χ0) is 15.5. The van der Waals surface area contributed by atoms with Gasteiger partial charge in [-0.15, -0.1) is 11.3 Å². The van der Waals surface area contributed by atoms with Crippen LogP contribution >= 0.6 is 11.3 Å². The van der Waals surface area contributed by atoms with E-state index in [-0.39, 0.29) is 5.56 Å². The molecule has 0 bridgehead atoms. The van der Waals surface area contributed by atoms with Gasteiger partial charge < -0.3 is 9.84 Å². The van der Waals surface area contributed by atoms with Crippen molar-refractivity contribution in [2.45, 2.75) is 0 Å². The molecule has 5 heteroatoms. The number of methoxy groups -OCH3 is 1. The van der Waals surface area contributed by atoms with Gasteiger partial charge in [0.05, 0.1) is 12.8 Å². The number of nitrogens with zero attached hydrogens (tertiary/aromatic N) is 1. The average Bonchev–Trinajstić information content (AvgIpc) is 3.04. The quantitative estimate of drug-likeness (QED) is 0.785. The largest absolute Gasteiger partial charge is 0.495 e. The van der Waals surface area contributed by atoms with E-state index in [1.807, 2.05) is 41.8 Å². The number of para-hydroxylation sites is 1. The van der Waals surface area contributed by atoms with Gasteiger partial charge in [0, 0.05) is 16.5 Å². The molecule has 1 heterocycles. The van der Waals surface area contributed by atoms with Crippen LogP contribution < -0.4 is 4.74 Å². The van der Waals surface area contributed by atoms with Crippen LogP contribution in [-0.2, 0) is 0 Å². The number of hydrogen-bond donors (Lipinski definition) is 1. The predicted octanol–water partition coefficient (Wildman–Crippen LogP) is 4.18. The van der Waals surface area contributed by atoms with Crippen molar-refractivity contribution in [3.8, 4) is 27.6 Å². The Morgan fingerprint density at radius 2 is 1.91 bits per heavy atom. The fourth-order valence-electron chi connectivity index (χ4n) is 2.24. The van der Waals surface area contributed by atoms with E-state index >= 15 is 0 Å². The van der Waals surface area contributed by atoms with E-state index in [1.165, 1.54) is 24.5 Å². The smallest absolute Gasteiger partial charge is 0.339 e. The van der Waals surface area contributed by atoms with Gasteiger partial charge in [-0.25, -0.2) is 9.78 Å². The molecule has 0 atom stereocenters. The highest BCUT2D eigenvalue weighted by Crippen LogP contribution is 2.35. The number of hydrogen-bond acceptors (Lipinski definition) is 4. The van der Waals surface area contributed by atoms with E-state index in [2.05, 4.69) is 4.98 Å². The number of aromatic nitrogens is 1. The maximum atomic E-state index is 11.3. The standard InChI is InChI=1S/C17H13NO3S/c1-21-15-12(8-5-9-13(15)17(19)20)14-10-22-16(18-14)11-6-3-2-4-7-11/h2-10H,1H3,(H,19,20). The minimum Gasteiger partial charge on any atom is -0.495 e. The first-order valence-electron chi connectivity index (χ1n) is 6.62. The van der Waals surface area contributed by atoms with Gasteiger partial charge in [0.1, 0.15) is 16.3 Å². The molecule has 0 fully saturated rings. The third kappa shape index (κ3) is 2.58. The maximum absolute atomic E-state index is 11.3. The molecule has 1 N–H and O–H groups in total. The summed E-state index contributed by atoms with van der Waals surface area (Å²) >= 11 is 1.52. The van der Waals surface area contributed by atoms with Crippen molar-refractivity contribution >= 4 is 17.3 Å². The first-order valence-corrected chi connectivity index (χ1v) is 7.50. The molecule has 0 saturated heterocycles. The number of carbonyl (C=O) groups is 1. The number of benzene rings is 2. The third-order valence-electron chi connectivity index (χ3n) is 3.25. The average molecular weight is 311 g/mol. The molecule has 0 saturated carbocycles. The van der Waals surface area contributed by atoms with Gasteiger partial charge in [0.25, 0.3) is 0 Å². The highest BCUT2D eigenvalue weighted by Gasteiger charge is 2.17. The van der Waals surface area contributed by atoms with Crippen molar-refractivity contribution in [1.82, 2.24) is 4.98 Å². The van der Waals surface area contributed by atoms with E-state index in [0.717, 1.165) is 10.6 Å².